The van der Waals surface area contributed by atoms with Crippen LogP contribution in [0.3, 0.4) is 0 Å². The number of aryl methyl sites for hydroxylation is 1. The van der Waals surface area contributed by atoms with Crippen molar-refractivity contribution in [2.75, 3.05) is 0 Å². The minimum Gasteiger partial charge on any atom is -0.457 e. The smallest absolute Gasteiger partial charge is 0.127 e. The lowest BCUT2D eigenvalue weighted by molar-refractivity contribution is 0.483. The van der Waals surface area contributed by atoms with Crippen LogP contribution in [0.4, 0.5) is 0 Å². The zero-order valence-corrected chi connectivity index (χ0v) is 24.4. The molecule has 0 fully saturated rings. The first-order valence-corrected chi connectivity index (χ1v) is 16.1. The van der Waals surface area contributed by atoms with Gasteiger partial charge in [0.05, 0.1) is 9.40 Å². The lowest BCUT2D eigenvalue weighted by Crippen LogP contribution is -1.86. The van der Waals surface area contributed by atoms with Crippen LogP contribution in [0.2, 0.25) is 0 Å². The molecule has 0 aliphatic heterocycles. The van der Waals surface area contributed by atoms with E-state index in [9.17, 15) is 0 Å². The first kappa shape index (κ1) is 26.1. The van der Waals surface area contributed by atoms with E-state index in [-0.39, 0.29) is 0 Å². The largest absolute Gasteiger partial charge is 0.457 e. The van der Waals surface area contributed by atoms with Crippen LogP contribution >= 0.6 is 22.7 Å². The molecule has 3 heteroatoms. The molecule has 0 saturated heterocycles. The Morgan fingerprint density at radius 3 is 1.85 bits per heavy atom. The molecule has 39 heavy (non-hydrogen) atoms. The highest BCUT2D eigenvalue weighted by Crippen LogP contribution is 2.45. The fourth-order valence-electron chi connectivity index (χ4n) is 5.44. The van der Waals surface area contributed by atoms with Gasteiger partial charge in [0.25, 0.3) is 0 Å². The topological polar surface area (TPSA) is 9.23 Å². The van der Waals surface area contributed by atoms with E-state index in [1.807, 2.05) is 53.0 Å². The minimum atomic E-state index is 0.857. The third-order valence-electron chi connectivity index (χ3n) is 7.63. The van der Waals surface area contributed by atoms with Gasteiger partial charge in [0.2, 0.25) is 0 Å². The average molecular weight is 549 g/mol. The van der Waals surface area contributed by atoms with Crippen LogP contribution in [0.25, 0.3) is 40.7 Å². The van der Waals surface area contributed by atoms with E-state index in [2.05, 4.69) is 67.6 Å². The number of hydrogen-bond donors (Lipinski definition) is 0. The van der Waals surface area contributed by atoms with Gasteiger partial charge < -0.3 is 4.74 Å². The van der Waals surface area contributed by atoms with Gasteiger partial charge in [0.1, 0.15) is 11.5 Å². The Morgan fingerprint density at radius 1 is 0.538 bits per heavy atom. The molecule has 0 amide bonds. The fraction of sp³-hybridized carbons (Fsp3) is 0.278. The quantitative estimate of drug-likeness (QED) is 0.138. The molecule has 0 aliphatic carbocycles. The first-order chi connectivity index (χ1) is 19.3. The Labute approximate surface area is 240 Å². The van der Waals surface area contributed by atoms with E-state index in [0.29, 0.717) is 0 Å². The number of ether oxygens (including phenoxy) is 1. The van der Waals surface area contributed by atoms with Gasteiger partial charge in [-0.1, -0.05) is 106 Å². The highest BCUT2D eigenvalue weighted by molar-refractivity contribution is 7.36. The van der Waals surface area contributed by atoms with Gasteiger partial charge in [-0.05, 0) is 65.9 Å². The standard InChI is InChI=1S/C36H36OS2/c1-2-3-4-5-6-7-8-10-13-26-16-22-31-33(24-26)38-36-32-23-19-28(25-34(32)39-35(31)36)27-17-20-30(21-18-27)37-29-14-11-9-12-15-29/h9,11-12,14-25H,2-8,10,13H2,1H3. The molecule has 0 N–H and O–H groups in total. The Kier molecular flexibility index (Phi) is 8.27. The van der Waals surface area contributed by atoms with Crippen molar-refractivity contribution in [1.82, 2.24) is 0 Å². The van der Waals surface area contributed by atoms with Gasteiger partial charge >= 0.3 is 0 Å². The molecular weight excluding hydrogens is 513 g/mol. The van der Waals surface area contributed by atoms with Gasteiger partial charge in [-0.15, -0.1) is 22.7 Å². The van der Waals surface area contributed by atoms with E-state index in [1.165, 1.54) is 104 Å². The van der Waals surface area contributed by atoms with Crippen LogP contribution in [-0.2, 0) is 6.42 Å². The number of thiophene rings is 2. The van der Waals surface area contributed by atoms with Gasteiger partial charge in [-0.25, -0.2) is 0 Å². The molecule has 0 saturated carbocycles. The molecule has 0 aliphatic rings. The Hall–Kier alpha value is -3.14. The van der Waals surface area contributed by atoms with E-state index in [0.717, 1.165) is 11.5 Å². The maximum absolute atomic E-state index is 5.97. The van der Waals surface area contributed by atoms with Crippen LogP contribution < -0.4 is 4.74 Å². The average Bonchev–Trinajstić information content (AvgIpc) is 3.50. The third kappa shape index (κ3) is 6.05. The zero-order chi connectivity index (χ0) is 26.4. The molecule has 2 aromatic heterocycles. The van der Waals surface area contributed by atoms with Crippen molar-refractivity contribution in [3.05, 3.63) is 96.6 Å². The van der Waals surface area contributed by atoms with E-state index < -0.39 is 0 Å². The second kappa shape index (κ2) is 12.4. The van der Waals surface area contributed by atoms with Crippen molar-refractivity contribution in [2.45, 2.75) is 64.7 Å². The molecular formula is C36H36OS2. The van der Waals surface area contributed by atoms with Crippen LogP contribution in [0, 0.1) is 0 Å². The number of benzene rings is 4. The summed E-state index contributed by atoms with van der Waals surface area (Å²) in [6, 6.07) is 32.5. The van der Waals surface area contributed by atoms with Gasteiger partial charge in [-0.2, -0.15) is 0 Å². The summed E-state index contributed by atoms with van der Waals surface area (Å²) in [4.78, 5) is 0. The Balaban J connectivity index is 1.14. The Morgan fingerprint density at radius 2 is 1.13 bits per heavy atom. The van der Waals surface area contributed by atoms with Crippen LogP contribution in [0.15, 0.2) is 91.0 Å². The van der Waals surface area contributed by atoms with Gasteiger partial charge in [0, 0.05) is 20.2 Å². The Bertz CT molecular complexity index is 1660. The van der Waals surface area contributed by atoms with Gasteiger partial charge in [0.15, 0.2) is 0 Å². The first-order valence-electron chi connectivity index (χ1n) is 14.5. The predicted molar refractivity (Wildman–Crippen MR) is 173 cm³/mol. The highest BCUT2D eigenvalue weighted by Gasteiger charge is 2.13. The summed E-state index contributed by atoms with van der Waals surface area (Å²) in [5.74, 6) is 1.72. The number of rotatable bonds is 12. The highest BCUT2D eigenvalue weighted by atomic mass is 32.1. The zero-order valence-electron chi connectivity index (χ0n) is 22.7. The molecule has 1 nitrogen and oxygen atoms in total. The lowest BCUT2D eigenvalue weighted by Gasteiger charge is -2.07. The monoisotopic (exact) mass is 548 g/mol. The molecule has 4 aromatic carbocycles. The molecule has 6 rings (SSSR count). The normalized spacial score (nSPS) is 11.6. The summed E-state index contributed by atoms with van der Waals surface area (Å²) in [5.41, 5.74) is 3.96. The lowest BCUT2D eigenvalue weighted by atomic mass is 10.0. The fourth-order valence-corrected chi connectivity index (χ4v) is 8.20. The predicted octanol–water partition coefficient (Wildman–Crippen LogP) is 12.4. The second-order valence-corrected chi connectivity index (χ2v) is 12.7. The third-order valence-corrected chi connectivity index (χ3v) is 10.1. The summed E-state index contributed by atoms with van der Waals surface area (Å²) in [5, 5.41) is 2.80. The summed E-state index contributed by atoms with van der Waals surface area (Å²) in [6.07, 6.45) is 12.2. The summed E-state index contributed by atoms with van der Waals surface area (Å²) in [6.45, 7) is 2.29. The van der Waals surface area contributed by atoms with E-state index in [1.54, 1.807) is 0 Å². The summed E-state index contributed by atoms with van der Waals surface area (Å²) >= 11 is 3.90. The van der Waals surface area contributed by atoms with Crippen molar-refractivity contribution >= 4 is 52.2 Å². The molecule has 0 bridgehead atoms. The van der Waals surface area contributed by atoms with Crippen molar-refractivity contribution in [1.29, 1.82) is 0 Å². The number of para-hydroxylation sites is 1. The minimum absolute atomic E-state index is 0.857. The SMILES string of the molecule is CCCCCCCCCCc1ccc2c(c1)sc1c3ccc(-c4ccc(Oc5ccccc5)cc4)cc3sc21. The molecule has 0 spiro atoms. The van der Waals surface area contributed by atoms with Crippen LogP contribution in [-0.4, -0.2) is 0 Å². The second-order valence-electron chi connectivity index (χ2n) is 10.6. The number of hydrogen-bond acceptors (Lipinski definition) is 3. The van der Waals surface area contributed by atoms with Gasteiger partial charge in [-0.3, -0.25) is 0 Å². The summed E-state index contributed by atoms with van der Waals surface area (Å²) < 4.78 is 11.6. The van der Waals surface area contributed by atoms with Crippen LogP contribution in [0.5, 0.6) is 11.5 Å². The van der Waals surface area contributed by atoms with Crippen LogP contribution in [0.1, 0.15) is 63.9 Å². The van der Waals surface area contributed by atoms with Crippen molar-refractivity contribution in [3.8, 4) is 22.6 Å². The molecule has 2 heterocycles. The van der Waals surface area contributed by atoms with Crippen molar-refractivity contribution in [3.63, 3.8) is 0 Å². The maximum atomic E-state index is 5.97. The summed E-state index contributed by atoms with van der Waals surface area (Å²) in [7, 11) is 0. The molecule has 0 unspecified atom stereocenters. The number of unbranched alkanes of at least 4 members (excludes halogenated alkanes) is 7. The van der Waals surface area contributed by atoms with E-state index >= 15 is 0 Å². The van der Waals surface area contributed by atoms with Crippen molar-refractivity contribution in [2.24, 2.45) is 0 Å². The maximum Gasteiger partial charge on any atom is 0.127 e. The molecule has 198 valence electrons. The molecule has 0 radical (unpaired) electrons. The van der Waals surface area contributed by atoms with E-state index in [4.69, 9.17) is 4.74 Å². The van der Waals surface area contributed by atoms with Crippen molar-refractivity contribution < 1.29 is 4.74 Å². The number of fused-ring (bicyclic) bond motifs is 5. The molecule has 0 atom stereocenters. The molecule has 6 aromatic rings.